The van der Waals surface area contributed by atoms with Crippen molar-refractivity contribution in [2.75, 3.05) is 0 Å². The summed E-state index contributed by atoms with van der Waals surface area (Å²) in [6.07, 6.45) is 1.58. The van der Waals surface area contributed by atoms with Crippen LogP contribution >= 0.6 is 0 Å². The Kier molecular flexibility index (Phi) is 7.38. The van der Waals surface area contributed by atoms with Gasteiger partial charge >= 0.3 is 5.97 Å². The van der Waals surface area contributed by atoms with Gasteiger partial charge in [-0.05, 0) is 89.4 Å². The summed E-state index contributed by atoms with van der Waals surface area (Å²) in [4.78, 5) is 11.5. The van der Waals surface area contributed by atoms with Crippen LogP contribution in [0.25, 0.3) is 10.9 Å². The number of carbonyl (C=O) groups is 1. The maximum atomic E-state index is 14.1. The molecular formula is C26H32FN3O5S. The molecule has 0 bridgehead atoms. The lowest BCUT2D eigenvalue weighted by Gasteiger charge is -2.29. The van der Waals surface area contributed by atoms with Gasteiger partial charge in [-0.2, -0.15) is 9.40 Å². The molecule has 2 heterocycles. The van der Waals surface area contributed by atoms with Crippen LogP contribution < -0.4 is 4.74 Å². The zero-order valence-electron chi connectivity index (χ0n) is 20.9. The van der Waals surface area contributed by atoms with Crippen LogP contribution in [0, 0.1) is 5.82 Å². The van der Waals surface area contributed by atoms with Crippen molar-refractivity contribution in [1.82, 2.24) is 14.1 Å². The van der Waals surface area contributed by atoms with Gasteiger partial charge in [-0.3, -0.25) is 9.48 Å². The number of rotatable bonds is 9. The molecule has 1 aliphatic heterocycles. The third-order valence-electron chi connectivity index (χ3n) is 6.58. The maximum Gasteiger partial charge on any atom is 0.309 e. The topological polar surface area (TPSA) is 102 Å². The number of carboxylic acid groups (broad SMARTS) is 1. The highest BCUT2D eigenvalue weighted by atomic mass is 32.2. The highest BCUT2D eigenvalue weighted by Crippen LogP contribution is 2.36. The number of ether oxygens (including phenoxy) is 1. The Labute approximate surface area is 210 Å². The van der Waals surface area contributed by atoms with Crippen molar-refractivity contribution in [3.8, 4) is 5.75 Å². The highest BCUT2D eigenvalue weighted by molar-refractivity contribution is 7.89. The molecule has 0 unspecified atom stereocenters. The second-order valence-electron chi connectivity index (χ2n) is 9.76. The number of carboxylic acids is 1. The van der Waals surface area contributed by atoms with Crippen molar-refractivity contribution in [2.24, 2.45) is 0 Å². The van der Waals surface area contributed by atoms with Gasteiger partial charge in [0, 0.05) is 17.5 Å². The number of aliphatic carboxylic acids is 1. The molecule has 4 rings (SSSR count). The number of sulfonamides is 1. The van der Waals surface area contributed by atoms with Crippen LogP contribution in [-0.4, -0.2) is 51.8 Å². The Bertz CT molecular complexity index is 1350. The van der Waals surface area contributed by atoms with Gasteiger partial charge in [-0.15, -0.1) is 0 Å². The Morgan fingerprint density at radius 2 is 1.86 bits per heavy atom. The monoisotopic (exact) mass is 517 g/mol. The SMILES string of the molecule is CC(C)Oc1ccc(S(=O)(=O)N2[C@@H](C[C@H](C)n3nc(CC(=O)O)c4ccc(F)cc43)CC[C@H]2C)cc1. The molecule has 1 aliphatic rings. The summed E-state index contributed by atoms with van der Waals surface area (Å²) < 4.78 is 50.2. The lowest BCUT2D eigenvalue weighted by atomic mass is 10.1. The minimum atomic E-state index is -3.76. The van der Waals surface area contributed by atoms with Gasteiger partial charge in [0.2, 0.25) is 10.0 Å². The second kappa shape index (κ2) is 10.2. The van der Waals surface area contributed by atoms with Gasteiger partial charge in [0.1, 0.15) is 11.6 Å². The molecule has 0 amide bonds. The number of fused-ring (bicyclic) bond motifs is 1. The van der Waals surface area contributed by atoms with E-state index in [0.29, 0.717) is 35.2 Å². The van der Waals surface area contributed by atoms with Gasteiger partial charge in [0.25, 0.3) is 0 Å². The summed E-state index contributed by atoms with van der Waals surface area (Å²) in [6, 6.07) is 9.91. The molecule has 1 aromatic heterocycles. The minimum absolute atomic E-state index is 0.0141. The van der Waals surface area contributed by atoms with E-state index in [1.165, 1.54) is 12.1 Å². The summed E-state index contributed by atoms with van der Waals surface area (Å²) >= 11 is 0. The first kappa shape index (κ1) is 26.1. The van der Waals surface area contributed by atoms with E-state index < -0.39 is 21.8 Å². The van der Waals surface area contributed by atoms with Gasteiger partial charge < -0.3 is 9.84 Å². The molecule has 0 spiro atoms. The fraction of sp³-hybridized carbons (Fsp3) is 0.462. The number of benzene rings is 2. The molecule has 2 aromatic carbocycles. The van der Waals surface area contributed by atoms with Crippen LogP contribution in [0.4, 0.5) is 4.39 Å². The summed E-state index contributed by atoms with van der Waals surface area (Å²) in [6.45, 7) is 7.62. The number of hydrogen-bond donors (Lipinski definition) is 1. The largest absolute Gasteiger partial charge is 0.491 e. The molecule has 10 heteroatoms. The first-order chi connectivity index (χ1) is 17.0. The first-order valence-electron chi connectivity index (χ1n) is 12.2. The van der Waals surface area contributed by atoms with Crippen LogP contribution in [0.1, 0.15) is 58.7 Å². The predicted molar refractivity (Wildman–Crippen MR) is 134 cm³/mol. The van der Waals surface area contributed by atoms with Gasteiger partial charge in [0.05, 0.1) is 34.7 Å². The van der Waals surface area contributed by atoms with Crippen molar-refractivity contribution < 1.29 is 27.4 Å². The molecule has 1 fully saturated rings. The van der Waals surface area contributed by atoms with E-state index in [2.05, 4.69) is 5.10 Å². The molecule has 3 aromatic rings. The maximum absolute atomic E-state index is 14.1. The quantitative estimate of drug-likeness (QED) is 0.438. The van der Waals surface area contributed by atoms with Crippen molar-refractivity contribution in [3.63, 3.8) is 0 Å². The molecule has 0 aliphatic carbocycles. The fourth-order valence-electron chi connectivity index (χ4n) is 5.07. The standard InChI is InChI=1S/C26H32FN3O5S/c1-16(2)35-21-8-10-22(11-9-21)36(33,34)30-17(3)5-7-20(30)13-18(4)29-25-14-19(27)6-12-23(25)24(28-29)15-26(31)32/h6,8-12,14,16-18,20H,5,7,13,15H2,1-4H3,(H,31,32)/t17-,18+,20-/m1/s1. The molecule has 3 atom stereocenters. The van der Waals surface area contributed by atoms with Gasteiger partial charge in [-0.25, -0.2) is 12.8 Å². The zero-order valence-corrected chi connectivity index (χ0v) is 21.7. The van der Waals surface area contributed by atoms with Gasteiger partial charge in [0.15, 0.2) is 0 Å². The van der Waals surface area contributed by atoms with E-state index in [0.717, 1.165) is 6.42 Å². The van der Waals surface area contributed by atoms with Crippen molar-refractivity contribution in [3.05, 3.63) is 54.0 Å². The summed E-state index contributed by atoms with van der Waals surface area (Å²) in [5.41, 5.74) is 0.859. The molecule has 36 heavy (non-hydrogen) atoms. The van der Waals surface area contributed by atoms with E-state index in [9.17, 15) is 22.7 Å². The summed E-state index contributed by atoms with van der Waals surface area (Å²) in [5, 5.41) is 14.4. The van der Waals surface area contributed by atoms with Crippen molar-refractivity contribution in [2.45, 2.75) is 82.5 Å². The lowest BCUT2D eigenvalue weighted by molar-refractivity contribution is -0.136. The van der Waals surface area contributed by atoms with E-state index in [1.807, 2.05) is 27.7 Å². The number of halogens is 1. The van der Waals surface area contributed by atoms with Crippen LogP contribution in [0.3, 0.4) is 0 Å². The van der Waals surface area contributed by atoms with Crippen molar-refractivity contribution in [1.29, 1.82) is 0 Å². The predicted octanol–water partition coefficient (Wildman–Crippen LogP) is 4.78. The van der Waals surface area contributed by atoms with Crippen LogP contribution in [-0.2, 0) is 21.2 Å². The summed E-state index contributed by atoms with van der Waals surface area (Å²) in [7, 11) is -3.76. The molecule has 8 nitrogen and oxygen atoms in total. The Balaban J connectivity index is 1.61. The second-order valence-corrected chi connectivity index (χ2v) is 11.6. The van der Waals surface area contributed by atoms with E-state index in [-0.39, 0.29) is 35.5 Å². The third-order valence-corrected chi connectivity index (χ3v) is 8.66. The Morgan fingerprint density at radius 1 is 1.17 bits per heavy atom. The minimum Gasteiger partial charge on any atom is -0.491 e. The number of aromatic nitrogens is 2. The average Bonchev–Trinajstić information content (AvgIpc) is 3.33. The summed E-state index contributed by atoms with van der Waals surface area (Å²) in [5.74, 6) is -0.856. The smallest absolute Gasteiger partial charge is 0.309 e. The Morgan fingerprint density at radius 3 is 2.50 bits per heavy atom. The van der Waals surface area contributed by atoms with Crippen LogP contribution in [0.2, 0.25) is 0 Å². The van der Waals surface area contributed by atoms with E-state index >= 15 is 0 Å². The molecule has 194 valence electrons. The van der Waals surface area contributed by atoms with Crippen molar-refractivity contribution >= 4 is 26.9 Å². The first-order valence-corrected chi connectivity index (χ1v) is 13.6. The lowest BCUT2D eigenvalue weighted by Crippen LogP contribution is -2.40. The van der Waals surface area contributed by atoms with E-state index in [4.69, 9.17) is 4.74 Å². The average molecular weight is 518 g/mol. The van der Waals surface area contributed by atoms with Gasteiger partial charge in [-0.1, -0.05) is 0 Å². The molecular weight excluding hydrogens is 485 g/mol. The number of hydrogen-bond acceptors (Lipinski definition) is 5. The molecule has 1 N–H and O–H groups in total. The molecule has 0 saturated carbocycles. The zero-order chi connectivity index (χ0) is 26.2. The highest BCUT2D eigenvalue weighted by Gasteiger charge is 2.41. The molecule has 0 radical (unpaired) electrons. The molecule has 1 saturated heterocycles. The third kappa shape index (κ3) is 5.24. The van der Waals surface area contributed by atoms with E-state index in [1.54, 1.807) is 39.3 Å². The van der Waals surface area contributed by atoms with Crippen LogP contribution in [0.15, 0.2) is 47.4 Å². The Hall–Kier alpha value is -2.98. The fourth-order valence-corrected chi connectivity index (χ4v) is 6.95. The number of nitrogens with zero attached hydrogens (tertiary/aromatic N) is 3. The van der Waals surface area contributed by atoms with Crippen LogP contribution in [0.5, 0.6) is 5.75 Å². The normalized spacial score (nSPS) is 19.7.